The van der Waals surface area contributed by atoms with Gasteiger partial charge in [0.1, 0.15) is 13.2 Å². The van der Waals surface area contributed by atoms with Crippen LogP contribution in [-0.2, 0) is 19.0 Å². The second kappa shape index (κ2) is 7.15. The standard InChI is InChI=1S/C8H12O5/c1-3-7(9)12-5-6-13-8(10)11-4-2/h3H,1,4-6H2,2H3. The van der Waals surface area contributed by atoms with Crippen LogP contribution in [0, 0.1) is 0 Å². The number of carbonyl (C=O) groups excluding carboxylic acids is 2. The van der Waals surface area contributed by atoms with E-state index in [1.807, 2.05) is 0 Å². The fourth-order valence-corrected chi connectivity index (χ4v) is 0.486. The highest BCUT2D eigenvalue weighted by Crippen LogP contribution is 1.86. The second-order valence-corrected chi connectivity index (χ2v) is 1.90. The van der Waals surface area contributed by atoms with Crippen molar-refractivity contribution in [3.05, 3.63) is 12.7 Å². The molecule has 0 aromatic rings. The minimum Gasteiger partial charge on any atom is -0.459 e. The highest BCUT2D eigenvalue weighted by molar-refractivity contribution is 5.81. The summed E-state index contributed by atoms with van der Waals surface area (Å²) in [6, 6.07) is 0. The summed E-state index contributed by atoms with van der Waals surface area (Å²) in [6.07, 6.45) is 0.266. The van der Waals surface area contributed by atoms with E-state index in [9.17, 15) is 9.59 Å². The molecular weight excluding hydrogens is 176 g/mol. The van der Waals surface area contributed by atoms with E-state index in [1.54, 1.807) is 6.92 Å². The lowest BCUT2D eigenvalue weighted by Crippen LogP contribution is -2.13. The van der Waals surface area contributed by atoms with Gasteiger partial charge in [0.05, 0.1) is 6.61 Å². The molecule has 0 aliphatic carbocycles. The molecule has 0 bridgehead atoms. The van der Waals surface area contributed by atoms with Gasteiger partial charge in [-0.15, -0.1) is 0 Å². The van der Waals surface area contributed by atoms with E-state index in [-0.39, 0.29) is 19.8 Å². The zero-order valence-corrected chi connectivity index (χ0v) is 7.45. The van der Waals surface area contributed by atoms with E-state index in [2.05, 4.69) is 20.8 Å². The van der Waals surface area contributed by atoms with Crippen LogP contribution in [0.3, 0.4) is 0 Å². The van der Waals surface area contributed by atoms with Gasteiger partial charge in [0.2, 0.25) is 0 Å². The van der Waals surface area contributed by atoms with E-state index in [1.165, 1.54) is 0 Å². The maximum atomic E-state index is 10.6. The molecule has 13 heavy (non-hydrogen) atoms. The first kappa shape index (κ1) is 11.5. The number of rotatable bonds is 5. The third-order valence-electron chi connectivity index (χ3n) is 0.976. The predicted molar refractivity (Wildman–Crippen MR) is 44.1 cm³/mol. The maximum absolute atomic E-state index is 10.6. The largest absolute Gasteiger partial charge is 0.508 e. The average molecular weight is 188 g/mol. The molecule has 0 saturated heterocycles. The lowest BCUT2D eigenvalue weighted by molar-refractivity contribution is -0.138. The molecule has 0 radical (unpaired) electrons. The van der Waals surface area contributed by atoms with Crippen molar-refractivity contribution >= 4 is 12.1 Å². The van der Waals surface area contributed by atoms with Crippen molar-refractivity contribution in [1.29, 1.82) is 0 Å². The molecule has 74 valence electrons. The Hall–Kier alpha value is -1.52. The van der Waals surface area contributed by atoms with Crippen LogP contribution in [0.1, 0.15) is 6.92 Å². The summed E-state index contributed by atoms with van der Waals surface area (Å²) < 4.78 is 13.5. The SMILES string of the molecule is C=CC(=O)OCCOC(=O)OCC. The molecule has 0 amide bonds. The molecule has 0 aliphatic heterocycles. The Kier molecular flexibility index (Phi) is 6.31. The van der Waals surface area contributed by atoms with Crippen LogP contribution in [0.25, 0.3) is 0 Å². The molecule has 0 aromatic carbocycles. The number of esters is 1. The van der Waals surface area contributed by atoms with Crippen molar-refractivity contribution < 1.29 is 23.8 Å². The summed E-state index contributed by atoms with van der Waals surface area (Å²) in [5.41, 5.74) is 0. The van der Waals surface area contributed by atoms with Gasteiger partial charge in [-0.3, -0.25) is 0 Å². The molecule has 0 aliphatic rings. The Balaban J connectivity index is 3.30. The van der Waals surface area contributed by atoms with E-state index >= 15 is 0 Å². The average Bonchev–Trinajstić information content (AvgIpc) is 2.12. The first-order valence-electron chi connectivity index (χ1n) is 3.79. The molecule has 0 aromatic heterocycles. The van der Waals surface area contributed by atoms with Crippen LogP contribution in [0.2, 0.25) is 0 Å². The Morgan fingerprint density at radius 1 is 1.23 bits per heavy atom. The number of carbonyl (C=O) groups is 2. The number of hydrogen-bond acceptors (Lipinski definition) is 5. The van der Waals surface area contributed by atoms with E-state index in [0.29, 0.717) is 0 Å². The first-order valence-corrected chi connectivity index (χ1v) is 3.79. The lowest BCUT2D eigenvalue weighted by atomic mass is 10.6. The molecular formula is C8H12O5. The van der Waals surface area contributed by atoms with E-state index in [0.717, 1.165) is 6.08 Å². The minimum absolute atomic E-state index is 0.00364. The van der Waals surface area contributed by atoms with Crippen LogP contribution in [0.4, 0.5) is 4.79 Å². The van der Waals surface area contributed by atoms with Gasteiger partial charge in [0, 0.05) is 6.08 Å². The summed E-state index contributed by atoms with van der Waals surface area (Å²) in [4.78, 5) is 21.0. The van der Waals surface area contributed by atoms with Gasteiger partial charge >= 0.3 is 12.1 Å². The molecule has 0 fully saturated rings. The maximum Gasteiger partial charge on any atom is 0.508 e. The van der Waals surface area contributed by atoms with Crippen LogP contribution >= 0.6 is 0 Å². The Morgan fingerprint density at radius 3 is 2.38 bits per heavy atom. The van der Waals surface area contributed by atoms with Gasteiger partial charge in [-0.2, -0.15) is 0 Å². The van der Waals surface area contributed by atoms with Gasteiger partial charge in [0.25, 0.3) is 0 Å². The van der Waals surface area contributed by atoms with Crippen LogP contribution < -0.4 is 0 Å². The van der Waals surface area contributed by atoms with Crippen LogP contribution in [0.15, 0.2) is 12.7 Å². The van der Waals surface area contributed by atoms with E-state index in [4.69, 9.17) is 0 Å². The summed E-state index contributed by atoms with van der Waals surface area (Å²) in [7, 11) is 0. The molecule has 0 unspecified atom stereocenters. The molecule has 0 spiro atoms. The van der Waals surface area contributed by atoms with Crippen molar-refractivity contribution in [2.24, 2.45) is 0 Å². The summed E-state index contributed by atoms with van der Waals surface area (Å²) in [6.45, 7) is 5.11. The minimum atomic E-state index is -0.767. The Labute approximate surface area is 76.3 Å². The van der Waals surface area contributed by atoms with Crippen LogP contribution in [0.5, 0.6) is 0 Å². The molecule has 5 heteroatoms. The highest BCUT2D eigenvalue weighted by Gasteiger charge is 2.01. The summed E-state index contributed by atoms with van der Waals surface area (Å²) >= 11 is 0. The fourth-order valence-electron chi connectivity index (χ4n) is 0.486. The third-order valence-corrected chi connectivity index (χ3v) is 0.976. The van der Waals surface area contributed by atoms with Crippen LogP contribution in [-0.4, -0.2) is 31.9 Å². The first-order chi connectivity index (χ1) is 6.20. The summed E-state index contributed by atoms with van der Waals surface area (Å²) in [5.74, 6) is -0.549. The normalized spacial score (nSPS) is 8.69. The Bertz CT molecular complexity index is 187. The topological polar surface area (TPSA) is 61.8 Å². The second-order valence-electron chi connectivity index (χ2n) is 1.90. The zero-order valence-electron chi connectivity index (χ0n) is 7.45. The quantitative estimate of drug-likeness (QED) is 0.364. The third kappa shape index (κ3) is 6.86. The predicted octanol–water partition coefficient (Wildman–Crippen LogP) is 0.889. The summed E-state index contributed by atoms with van der Waals surface area (Å²) in [5, 5.41) is 0. The molecule has 0 rings (SSSR count). The molecule has 0 atom stereocenters. The number of hydrogen-bond donors (Lipinski definition) is 0. The van der Waals surface area contributed by atoms with Crippen molar-refractivity contribution in [3.8, 4) is 0 Å². The fraction of sp³-hybridized carbons (Fsp3) is 0.500. The van der Waals surface area contributed by atoms with Crippen molar-refractivity contribution in [1.82, 2.24) is 0 Å². The van der Waals surface area contributed by atoms with Gasteiger partial charge in [-0.05, 0) is 6.92 Å². The van der Waals surface area contributed by atoms with Gasteiger partial charge < -0.3 is 14.2 Å². The molecule has 0 saturated carbocycles. The molecule has 0 heterocycles. The molecule has 5 nitrogen and oxygen atoms in total. The lowest BCUT2D eigenvalue weighted by Gasteiger charge is -2.03. The highest BCUT2D eigenvalue weighted by atomic mass is 16.7. The monoisotopic (exact) mass is 188 g/mol. The Morgan fingerprint density at radius 2 is 1.85 bits per heavy atom. The van der Waals surface area contributed by atoms with Crippen molar-refractivity contribution in [2.45, 2.75) is 6.92 Å². The smallest absolute Gasteiger partial charge is 0.459 e. The van der Waals surface area contributed by atoms with Crippen molar-refractivity contribution in [2.75, 3.05) is 19.8 Å². The van der Waals surface area contributed by atoms with Gasteiger partial charge in [-0.1, -0.05) is 6.58 Å². The zero-order chi connectivity index (χ0) is 10.1. The van der Waals surface area contributed by atoms with Gasteiger partial charge in [-0.25, -0.2) is 9.59 Å². The number of ether oxygens (including phenoxy) is 3. The molecule has 0 N–H and O–H groups in total. The van der Waals surface area contributed by atoms with Crippen molar-refractivity contribution in [3.63, 3.8) is 0 Å². The van der Waals surface area contributed by atoms with E-state index < -0.39 is 12.1 Å². The van der Waals surface area contributed by atoms with Gasteiger partial charge in [0.15, 0.2) is 0 Å².